The maximum absolute atomic E-state index is 13.9. The number of piperidine rings is 1. The third kappa shape index (κ3) is 4.11. The molecular formula is C20H20ClFN4O. The van der Waals surface area contributed by atoms with Crippen molar-refractivity contribution in [3.63, 3.8) is 0 Å². The standard InChI is InChI=1S/C20H20ClFN4O/c21-20-24-10-17(22)19(25-20)26-11-15-14(16(15)12-26)8-9-23-18(27)7-6-13-4-2-1-3-5-13/h1-7,10,14-16H,8-9,11-12H2,(H,23,27). The Morgan fingerprint density at radius 1 is 1.30 bits per heavy atom. The van der Waals surface area contributed by atoms with Crippen LogP contribution < -0.4 is 10.2 Å². The molecule has 7 heteroatoms. The number of nitrogens with one attached hydrogen (secondary N) is 1. The van der Waals surface area contributed by atoms with Gasteiger partial charge in [-0.2, -0.15) is 4.98 Å². The summed E-state index contributed by atoms with van der Waals surface area (Å²) in [6, 6.07) is 9.73. The first-order valence-corrected chi connectivity index (χ1v) is 9.43. The van der Waals surface area contributed by atoms with E-state index in [0.29, 0.717) is 30.1 Å². The highest BCUT2D eigenvalue weighted by Crippen LogP contribution is 2.54. The molecular weight excluding hydrogens is 367 g/mol. The molecule has 1 aromatic carbocycles. The molecule has 140 valence electrons. The number of rotatable bonds is 6. The second kappa shape index (κ2) is 7.64. The maximum Gasteiger partial charge on any atom is 0.243 e. The van der Waals surface area contributed by atoms with E-state index in [4.69, 9.17) is 11.6 Å². The Morgan fingerprint density at radius 2 is 2.04 bits per heavy atom. The number of nitrogens with zero attached hydrogens (tertiary/aromatic N) is 3. The van der Waals surface area contributed by atoms with Crippen molar-refractivity contribution < 1.29 is 9.18 Å². The normalized spacial score (nSPS) is 23.5. The topological polar surface area (TPSA) is 58.1 Å². The van der Waals surface area contributed by atoms with Crippen molar-refractivity contribution in [1.82, 2.24) is 15.3 Å². The average Bonchev–Trinajstić information content (AvgIpc) is 3.12. The molecule has 2 heterocycles. The zero-order valence-corrected chi connectivity index (χ0v) is 15.4. The third-order valence-electron chi connectivity index (χ3n) is 5.37. The second-order valence-electron chi connectivity index (χ2n) is 7.03. The van der Waals surface area contributed by atoms with Gasteiger partial charge in [0, 0.05) is 25.7 Å². The van der Waals surface area contributed by atoms with Gasteiger partial charge in [0.05, 0.1) is 6.20 Å². The van der Waals surface area contributed by atoms with E-state index in [2.05, 4.69) is 15.3 Å². The molecule has 2 atom stereocenters. The van der Waals surface area contributed by atoms with Crippen molar-refractivity contribution in [2.24, 2.45) is 17.8 Å². The van der Waals surface area contributed by atoms with Crippen molar-refractivity contribution >= 4 is 29.4 Å². The zero-order valence-electron chi connectivity index (χ0n) is 14.7. The number of hydrogen-bond donors (Lipinski definition) is 1. The smallest absolute Gasteiger partial charge is 0.243 e. The minimum Gasteiger partial charge on any atom is -0.353 e. The van der Waals surface area contributed by atoms with Crippen LogP contribution in [0.4, 0.5) is 10.2 Å². The quantitative estimate of drug-likeness (QED) is 0.612. The molecule has 1 saturated carbocycles. The summed E-state index contributed by atoms with van der Waals surface area (Å²) in [5.41, 5.74) is 1.00. The molecule has 2 unspecified atom stereocenters. The van der Waals surface area contributed by atoms with Gasteiger partial charge in [-0.1, -0.05) is 30.3 Å². The SMILES string of the molecule is O=C(C=Cc1ccccc1)NCCC1C2CN(c3nc(Cl)ncc3F)CC12. The van der Waals surface area contributed by atoms with Gasteiger partial charge >= 0.3 is 0 Å². The predicted octanol–water partition coefficient (Wildman–Crippen LogP) is 3.17. The summed E-state index contributed by atoms with van der Waals surface area (Å²) in [4.78, 5) is 21.5. The number of aromatic nitrogens is 2. The monoisotopic (exact) mass is 386 g/mol. The highest BCUT2D eigenvalue weighted by molar-refractivity contribution is 6.28. The number of hydrogen-bond acceptors (Lipinski definition) is 4. The van der Waals surface area contributed by atoms with Crippen molar-refractivity contribution in [2.45, 2.75) is 6.42 Å². The highest BCUT2D eigenvalue weighted by atomic mass is 35.5. The zero-order chi connectivity index (χ0) is 18.8. The lowest BCUT2D eigenvalue weighted by molar-refractivity contribution is -0.116. The van der Waals surface area contributed by atoms with Gasteiger partial charge in [0.25, 0.3) is 0 Å². The number of carbonyl (C=O) groups excluding carboxylic acids is 1. The van der Waals surface area contributed by atoms with Crippen LogP contribution in [0.5, 0.6) is 0 Å². The van der Waals surface area contributed by atoms with E-state index >= 15 is 0 Å². The number of anilines is 1. The molecule has 1 aliphatic carbocycles. The molecule has 0 spiro atoms. The van der Waals surface area contributed by atoms with E-state index in [1.807, 2.05) is 35.2 Å². The van der Waals surface area contributed by atoms with Gasteiger partial charge in [0.1, 0.15) is 0 Å². The van der Waals surface area contributed by atoms with E-state index in [1.165, 1.54) is 0 Å². The first-order chi connectivity index (χ1) is 13.1. The molecule has 1 N–H and O–H groups in total. The number of fused-ring (bicyclic) bond motifs is 1. The molecule has 1 aliphatic heterocycles. The number of amides is 1. The average molecular weight is 387 g/mol. The summed E-state index contributed by atoms with van der Waals surface area (Å²) >= 11 is 5.77. The first kappa shape index (κ1) is 17.9. The van der Waals surface area contributed by atoms with Gasteiger partial charge in [0.2, 0.25) is 11.2 Å². The Labute approximate surface area is 162 Å². The van der Waals surface area contributed by atoms with E-state index < -0.39 is 5.82 Å². The fourth-order valence-corrected chi connectivity index (χ4v) is 4.10. The molecule has 2 aliphatic rings. The summed E-state index contributed by atoms with van der Waals surface area (Å²) in [6.45, 7) is 2.21. The molecule has 1 saturated heterocycles. The van der Waals surface area contributed by atoms with E-state index in [0.717, 1.165) is 31.3 Å². The lowest BCUT2D eigenvalue weighted by Crippen LogP contribution is -2.28. The van der Waals surface area contributed by atoms with Crippen molar-refractivity contribution in [2.75, 3.05) is 24.5 Å². The third-order valence-corrected chi connectivity index (χ3v) is 5.55. The Kier molecular flexibility index (Phi) is 5.07. The summed E-state index contributed by atoms with van der Waals surface area (Å²) in [5, 5.41) is 3.00. The Balaban J connectivity index is 1.20. The van der Waals surface area contributed by atoms with Crippen LogP contribution >= 0.6 is 11.6 Å². The molecule has 4 rings (SSSR count). The van der Waals surface area contributed by atoms with Crippen LogP contribution in [0, 0.1) is 23.6 Å². The fraction of sp³-hybridized carbons (Fsp3) is 0.350. The van der Waals surface area contributed by atoms with Crippen LogP contribution in [0.15, 0.2) is 42.6 Å². The van der Waals surface area contributed by atoms with Crippen LogP contribution in [-0.2, 0) is 4.79 Å². The Morgan fingerprint density at radius 3 is 2.78 bits per heavy atom. The van der Waals surface area contributed by atoms with Crippen molar-refractivity contribution in [3.05, 3.63) is 59.3 Å². The molecule has 1 aromatic heterocycles. The first-order valence-electron chi connectivity index (χ1n) is 9.06. The van der Waals surface area contributed by atoms with Crippen LogP contribution in [-0.4, -0.2) is 35.5 Å². The lowest BCUT2D eigenvalue weighted by atomic mass is 10.2. The summed E-state index contributed by atoms with van der Waals surface area (Å²) < 4.78 is 13.9. The number of benzene rings is 1. The molecule has 5 nitrogen and oxygen atoms in total. The van der Waals surface area contributed by atoms with Crippen LogP contribution in [0.3, 0.4) is 0 Å². The fourth-order valence-electron chi connectivity index (χ4n) is 3.97. The van der Waals surface area contributed by atoms with Gasteiger partial charge in [-0.25, -0.2) is 9.37 Å². The minimum absolute atomic E-state index is 0.0646. The van der Waals surface area contributed by atoms with Crippen LogP contribution in [0.1, 0.15) is 12.0 Å². The van der Waals surface area contributed by atoms with Crippen LogP contribution in [0.25, 0.3) is 6.08 Å². The lowest BCUT2D eigenvalue weighted by Gasteiger charge is -2.21. The molecule has 2 aromatic rings. The van der Waals surface area contributed by atoms with E-state index in [9.17, 15) is 9.18 Å². The van der Waals surface area contributed by atoms with E-state index in [1.54, 1.807) is 12.2 Å². The summed E-state index contributed by atoms with van der Waals surface area (Å²) in [5.74, 6) is 1.43. The molecule has 2 fully saturated rings. The second-order valence-corrected chi connectivity index (χ2v) is 7.37. The number of halogens is 2. The van der Waals surface area contributed by atoms with Crippen molar-refractivity contribution in [3.8, 4) is 0 Å². The molecule has 0 bridgehead atoms. The summed E-state index contributed by atoms with van der Waals surface area (Å²) in [6.07, 6.45) is 5.43. The largest absolute Gasteiger partial charge is 0.353 e. The van der Waals surface area contributed by atoms with E-state index in [-0.39, 0.29) is 11.2 Å². The molecule has 27 heavy (non-hydrogen) atoms. The molecule has 0 radical (unpaired) electrons. The summed E-state index contributed by atoms with van der Waals surface area (Å²) in [7, 11) is 0. The van der Waals surface area contributed by atoms with Gasteiger partial charge < -0.3 is 10.2 Å². The van der Waals surface area contributed by atoms with Gasteiger partial charge in [-0.15, -0.1) is 0 Å². The van der Waals surface area contributed by atoms with Crippen LogP contribution in [0.2, 0.25) is 5.28 Å². The minimum atomic E-state index is -0.435. The van der Waals surface area contributed by atoms with Gasteiger partial charge in [0.15, 0.2) is 11.6 Å². The van der Waals surface area contributed by atoms with Crippen molar-refractivity contribution in [1.29, 1.82) is 0 Å². The Bertz CT molecular complexity index is 848. The van der Waals surface area contributed by atoms with Gasteiger partial charge in [-0.3, -0.25) is 4.79 Å². The maximum atomic E-state index is 13.9. The Hall–Kier alpha value is -2.47. The molecule has 1 amide bonds. The van der Waals surface area contributed by atoms with Gasteiger partial charge in [-0.05, 0) is 47.4 Å². The number of carbonyl (C=O) groups is 1. The predicted molar refractivity (Wildman–Crippen MR) is 103 cm³/mol. The highest BCUT2D eigenvalue weighted by Gasteiger charge is 2.55.